The third-order valence-corrected chi connectivity index (χ3v) is 7.73. The van der Waals surface area contributed by atoms with Gasteiger partial charge in [0.05, 0.1) is 22.9 Å². The Morgan fingerprint density at radius 1 is 0.558 bits per heavy atom. The summed E-state index contributed by atoms with van der Waals surface area (Å²) in [6.07, 6.45) is 1.76. The number of aromatic nitrogens is 2. The summed E-state index contributed by atoms with van der Waals surface area (Å²) in [5, 5.41) is 4.15. The molecule has 0 N–H and O–H groups in total. The van der Waals surface area contributed by atoms with E-state index >= 15 is 0 Å². The number of hydrogen-bond donors (Lipinski definition) is 0. The van der Waals surface area contributed by atoms with Gasteiger partial charge in [0.1, 0.15) is 30.5 Å². The zero-order valence-corrected chi connectivity index (χ0v) is 24.0. The highest BCUT2D eigenvalue weighted by Crippen LogP contribution is 2.36. The van der Waals surface area contributed by atoms with Crippen molar-refractivity contribution in [2.75, 3.05) is 0 Å². The molecule has 6 aromatic carbocycles. The van der Waals surface area contributed by atoms with Gasteiger partial charge in [0.15, 0.2) is 0 Å². The van der Waals surface area contributed by atoms with Gasteiger partial charge in [0, 0.05) is 16.3 Å². The van der Waals surface area contributed by atoms with Crippen LogP contribution in [0.1, 0.15) is 22.3 Å². The first-order chi connectivity index (χ1) is 21.0. The van der Waals surface area contributed by atoms with Crippen LogP contribution in [0.15, 0.2) is 115 Å². The van der Waals surface area contributed by atoms with Crippen LogP contribution in [-0.2, 0) is 13.2 Å². The van der Waals surface area contributed by atoms with Crippen LogP contribution < -0.4 is 9.47 Å². The first kappa shape index (κ1) is 26.6. The van der Waals surface area contributed by atoms with Crippen molar-refractivity contribution in [2.24, 2.45) is 0 Å². The van der Waals surface area contributed by atoms with E-state index in [-0.39, 0.29) is 5.82 Å². The molecule has 4 nitrogen and oxygen atoms in total. The molecule has 210 valence electrons. The van der Waals surface area contributed by atoms with E-state index in [0.29, 0.717) is 18.9 Å². The van der Waals surface area contributed by atoms with Gasteiger partial charge in [-0.05, 0) is 96.4 Å². The number of halogens is 1. The number of fused-ring (bicyclic) bond motifs is 6. The molecule has 43 heavy (non-hydrogen) atoms. The number of ether oxygens (including phenoxy) is 2. The number of benzene rings is 6. The third kappa shape index (κ3) is 5.50. The van der Waals surface area contributed by atoms with Crippen molar-refractivity contribution in [3.05, 3.63) is 143 Å². The van der Waals surface area contributed by atoms with Gasteiger partial charge in [-0.25, -0.2) is 9.37 Å². The van der Waals surface area contributed by atoms with Crippen LogP contribution in [0.5, 0.6) is 11.5 Å². The molecule has 1 aromatic heterocycles. The number of rotatable bonds is 7. The summed E-state index contributed by atoms with van der Waals surface area (Å²) in [6.45, 7) is 5.02. The summed E-state index contributed by atoms with van der Waals surface area (Å²) < 4.78 is 25.8. The van der Waals surface area contributed by atoms with E-state index in [0.717, 1.165) is 60.8 Å². The summed E-state index contributed by atoms with van der Waals surface area (Å²) in [7, 11) is 0. The quantitative estimate of drug-likeness (QED) is 0.181. The van der Waals surface area contributed by atoms with Crippen LogP contribution in [0.3, 0.4) is 0 Å². The topological polar surface area (TPSA) is 44.2 Å². The monoisotopic (exact) mass is 564 g/mol. The average Bonchev–Trinajstić information content (AvgIpc) is 3.04. The van der Waals surface area contributed by atoms with Crippen molar-refractivity contribution in [3.8, 4) is 22.8 Å². The Morgan fingerprint density at radius 3 is 1.60 bits per heavy atom. The van der Waals surface area contributed by atoms with Crippen molar-refractivity contribution >= 4 is 32.6 Å². The van der Waals surface area contributed by atoms with Crippen LogP contribution in [0, 0.1) is 19.7 Å². The van der Waals surface area contributed by atoms with E-state index in [1.165, 1.54) is 23.3 Å². The number of hydrogen-bond acceptors (Lipinski definition) is 4. The highest BCUT2D eigenvalue weighted by molar-refractivity contribution is 6.23. The molecule has 0 radical (unpaired) electrons. The Balaban J connectivity index is 1.33. The molecule has 0 amide bonds. The second-order valence-corrected chi connectivity index (χ2v) is 10.9. The Hall–Kier alpha value is -5.29. The van der Waals surface area contributed by atoms with Crippen LogP contribution in [0.4, 0.5) is 4.39 Å². The molecule has 5 heteroatoms. The molecule has 0 fully saturated rings. The van der Waals surface area contributed by atoms with Gasteiger partial charge in [0.2, 0.25) is 0 Å². The molecule has 0 aliphatic carbocycles. The van der Waals surface area contributed by atoms with Crippen molar-refractivity contribution in [1.29, 1.82) is 0 Å². The van der Waals surface area contributed by atoms with Crippen LogP contribution in [0.25, 0.3) is 43.8 Å². The summed E-state index contributed by atoms with van der Waals surface area (Å²) in [4.78, 5) is 9.93. The number of nitrogens with zero attached hydrogens (tertiary/aromatic N) is 2. The molecule has 0 spiro atoms. The predicted octanol–water partition coefficient (Wildman–Crippen LogP) is 9.52. The minimum absolute atomic E-state index is 0.281. The maximum Gasteiger partial charge on any atom is 0.123 e. The zero-order chi connectivity index (χ0) is 29.3. The van der Waals surface area contributed by atoms with Crippen LogP contribution in [0.2, 0.25) is 0 Å². The molecule has 0 aliphatic heterocycles. The van der Waals surface area contributed by atoms with Crippen molar-refractivity contribution < 1.29 is 13.9 Å². The molecular formula is C38H29FN2O2. The lowest BCUT2D eigenvalue weighted by Gasteiger charge is -2.14. The Morgan fingerprint density at radius 2 is 1.07 bits per heavy atom. The summed E-state index contributed by atoms with van der Waals surface area (Å²) in [5.74, 6) is 1.39. The van der Waals surface area contributed by atoms with Gasteiger partial charge in [-0.1, -0.05) is 59.7 Å². The smallest absolute Gasteiger partial charge is 0.123 e. The van der Waals surface area contributed by atoms with Crippen molar-refractivity contribution in [3.63, 3.8) is 0 Å². The molecular weight excluding hydrogens is 535 g/mol. The van der Waals surface area contributed by atoms with Gasteiger partial charge < -0.3 is 9.47 Å². The van der Waals surface area contributed by atoms with E-state index in [9.17, 15) is 4.39 Å². The fourth-order valence-corrected chi connectivity index (χ4v) is 5.36. The van der Waals surface area contributed by atoms with Crippen molar-refractivity contribution in [2.45, 2.75) is 27.1 Å². The number of aryl methyl sites for hydroxylation is 2. The summed E-state index contributed by atoms with van der Waals surface area (Å²) in [5.41, 5.74) is 7.64. The Kier molecular flexibility index (Phi) is 6.92. The van der Waals surface area contributed by atoms with Crippen molar-refractivity contribution in [1.82, 2.24) is 9.97 Å². The second-order valence-electron chi connectivity index (χ2n) is 10.9. The summed E-state index contributed by atoms with van der Waals surface area (Å²) >= 11 is 0. The van der Waals surface area contributed by atoms with Gasteiger partial charge >= 0.3 is 0 Å². The van der Waals surface area contributed by atoms with Gasteiger partial charge in [0.25, 0.3) is 0 Å². The highest BCUT2D eigenvalue weighted by Gasteiger charge is 2.14. The van der Waals surface area contributed by atoms with E-state index in [4.69, 9.17) is 19.4 Å². The highest BCUT2D eigenvalue weighted by atomic mass is 19.1. The fraction of sp³-hybridized carbons (Fsp3) is 0.105. The maximum atomic E-state index is 13.6. The largest absolute Gasteiger partial charge is 0.489 e. The van der Waals surface area contributed by atoms with Gasteiger partial charge in [-0.3, -0.25) is 4.98 Å². The second kappa shape index (κ2) is 11.2. The van der Waals surface area contributed by atoms with Gasteiger partial charge in [-0.2, -0.15) is 0 Å². The van der Waals surface area contributed by atoms with E-state index in [2.05, 4.69) is 62.4 Å². The van der Waals surface area contributed by atoms with Crippen LogP contribution in [-0.4, -0.2) is 9.97 Å². The summed E-state index contributed by atoms with van der Waals surface area (Å²) in [6, 6.07) is 35.3. The lowest BCUT2D eigenvalue weighted by molar-refractivity contribution is 0.306. The minimum Gasteiger partial charge on any atom is -0.489 e. The fourth-order valence-electron chi connectivity index (χ4n) is 5.36. The Labute approximate surface area is 249 Å². The Bertz CT molecular complexity index is 2090. The predicted molar refractivity (Wildman–Crippen MR) is 171 cm³/mol. The standard InChI is InChI=1S/C38H29FN2O2/c1-24-3-13-30(14-4-24)42-22-26-7-17-32-34(19-26)35-20-27(23-43-31-15-5-25(2)6-16-31)8-18-33(35)38-37(32)40-21-36(41-38)28-9-11-29(39)12-10-28/h3-21H,22-23H2,1-2H3. The molecule has 0 saturated heterocycles. The van der Waals surface area contributed by atoms with Crippen LogP contribution >= 0.6 is 0 Å². The SMILES string of the molecule is Cc1ccc(OCc2ccc3c(c2)c2cc(COc4ccc(C)cc4)ccc2c2nc(-c4ccc(F)cc4)cnc32)cc1. The maximum absolute atomic E-state index is 13.6. The molecule has 0 saturated carbocycles. The first-order valence-corrected chi connectivity index (χ1v) is 14.3. The zero-order valence-electron chi connectivity index (χ0n) is 24.0. The molecule has 0 atom stereocenters. The van der Waals surface area contributed by atoms with E-state index in [1.54, 1.807) is 18.3 Å². The molecule has 1 heterocycles. The molecule has 7 aromatic rings. The molecule has 0 unspecified atom stereocenters. The van der Waals surface area contributed by atoms with E-state index in [1.807, 2.05) is 36.4 Å². The molecule has 0 aliphatic rings. The minimum atomic E-state index is -0.281. The first-order valence-electron chi connectivity index (χ1n) is 14.3. The van der Waals surface area contributed by atoms with Gasteiger partial charge in [-0.15, -0.1) is 0 Å². The molecule has 0 bridgehead atoms. The lowest BCUT2D eigenvalue weighted by atomic mass is 9.96. The molecule has 7 rings (SSSR count). The third-order valence-electron chi connectivity index (χ3n) is 7.73. The normalized spacial score (nSPS) is 11.3. The average molecular weight is 565 g/mol. The van der Waals surface area contributed by atoms with E-state index < -0.39 is 0 Å². The lowest BCUT2D eigenvalue weighted by Crippen LogP contribution is -1.98.